The molecule has 0 aliphatic carbocycles. The molecular formula is C12H16F2N2O2. The van der Waals surface area contributed by atoms with Crippen LogP contribution in [0.25, 0.3) is 0 Å². The minimum atomic E-state index is -1.02. The fourth-order valence-corrected chi connectivity index (χ4v) is 1.32. The maximum Gasteiger partial charge on any atom is 0.224 e. The molecule has 0 saturated carbocycles. The number of halogens is 2. The van der Waals surface area contributed by atoms with Crippen molar-refractivity contribution in [1.29, 1.82) is 0 Å². The molecule has 0 bridgehead atoms. The molecule has 18 heavy (non-hydrogen) atoms. The van der Waals surface area contributed by atoms with E-state index in [-0.39, 0.29) is 18.5 Å². The molecule has 0 spiro atoms. The van der Waals surface area contributed by atoms with Gasteiger partial charge in [-0.3, -0.25) is 4.79 Å². The first-order valence-electron chi connectivity index (χ1n) is 5.55. The van der Waals surface area contributed by atoms with Gasteiger partial charge in [-0.1, -0.05) is 12.1 Å². The van der Waals surface area contributed by atoms with Crippen molar-refractivity contribution < 1.29 is 18.7 Å². The third kappa shape index (κ3) is 4.05. The van der Waals surface area contributed by atoms with Crippen LogP contribution >= 0.6 is 0 Å². The van der Waals surface area contributed by atoms with Crippen molar-refractivity contribution in [2.24, 2.45) is 5.73 Å². The predicted octanol–water partition coefficient (Wildman–Crippen LogP) is 0.332. The smallest absolute Gasteiger partial charge is 0.224 e. The normalized spacial score (nSPS) is 14.1. The number of hydrogen-bond acceptors (Lipinski definition) is 3. The Labute approximate surface area is 104 Å². The van der Waals surface area contributed by atoms with Crippen molar-refractivity contribution in [3.8, 4) is 0 Å². The molecule has 0 aliphatic rings. The van der Waals surface area contributed by atoms with E-state index in [9.17, 15) is 13.6 Å². The van der Waals surface area contributed by atoms with Crippen LogP contribution < -0.4 is 11.1 Å². The molecule has 2 atom stereocenters. The average Bonchev–Trinajstić information content (AvgIpc) is 2.32. The van der Waals surface area contributed by atoms with Crippen molar-refractivity contribution >= 4 is 5.91 Å². The van der Waals surface area contributed by atoms with Gasteiger partial charge in [0.05, 0.1) is 12.5 Å². The average molecular weight is 258 g/mol. The van der Waals surface area contributed by atoms with E-state index in [0.717, 1.165) is 6.07 Å². The Bertz CT molecular complexity index is 425. The third-order valence-electron chi connectivity index (χ3n) is 2.54. The lowest BCUT2D eigenvalue weighted by atomic mass is 10.1. The summed E-state index contributed by atoms with van der Waals surface area (Å²) in [5.41, 5.74) is 5.50. The molecule has 0 heterocycles. The molecule has 1 amide bonds. The SMILES string of the molecule is CC(O)C(N)CNC(=O)Cc1cccc(F)c1F. The molecule has 100 valence electrons. The molecule has 0 aliphatic heterocycles. The van der Waals surface area contributed by atoms with Gasteiger partial charge in [0.15, 0.2) is 11.6 Å². The topological polar surface area (TPSA) is 75.3 Å². The molecule has 6 heteroatoms. The molecule has 0 aromatic heterocycles. The number of hydrogen-bond donors (Lipinski definition) is 3. The highest BCUT2D eigenvalue weighted by atomic mass is 19.2. The fourth-order valence-electron chi connectivity index (χ4n) is 1.32. The van der Waals surface area contributed by atoms with Crippen LogP contribution in [0, 0.1) is 11.6 Å². The summed E-state index contributed by atoms with van der Waals surface area (Å²) in [4.78, 5) is 11.5. The van der Waals surface area contributed by atoms with E-state index < -0.39 is 29.7 Å². The number of aliphatic hydroxyl groups is 1. The van der Waals surface area contributed by atoms with Gasteiger partial charge >= 0.3 is 0 Å². The molecule has 4 N–H and O–H groups in total. The molecule has 1 rings (SSSR count). The summed E-state index contributed by atoms with van der Waals surface area (Å²) < 4.78 is 26.2. The number of carbonyl (C=O) groups is 1. The van der Waals surface area contributed by atoms with Gasteiger partial charge in [-0.05, 0) is 13.0 Å². The molecular weight excluding hydrogens is 242 g/mol. The van der Waals surface area contributed by atoms with Gasteiger partial charge in [-0.15, -0.1) is 0 Å². The monoisotopic (exact) mass is 258 g/mol. The first-order valence-corrected chi connectivity index (χ1v) is 5.55. The van der Waals surface area contributed by atoms with Crippen LogP contribution in [0.2, 0.25) is 0 Å². The van der Waals surface area contributed by atoms with Gasteiger partial charge in [-0.25, -0.2) is 8.78 Å². The number of carbonyl (C=O) groups excluding carboxylic acids is 1. The van der Waals surface area contributed by atoms with Gasteiger partial charge in [-0.2, -0.15) is 0 Å². The van der Waals surface area contributed by atoms with Crippen LogP contribution in [0.4, 0.5) is 8.78 Å². The lowest BCUT2D eigenvalue weighted by Gasteiger charge is -2.15. The Morgan fingerprint density at radius 3 is 2.78 bits per heavy atom. The highest BCUT2D eigenvalue weighted by Crippen LogP contribution is 2.11. The second-order valence-electron chi connectivity index (χ2n) is 4.10. The second kappa shape index (κ2) is 6.42. The van der Waals surface area contributed by atoms with Gasteiger partial charge in [0.25, 0.3) is 0 Å². The minimum absolute atomic E-state index is 0.0156. The number of benzene rings is 1. The maximum absolute atomic E-state index is 13.3. The highest BCUT2D eigenvalue weighted by Gasteiger charge is 2.14. The number of nitrogens with one attached hydrogen (secondary N) is 1. The Morgan fingerprint density at radius 1 is 1.50 bits per heavy atom. The quantitative estimate of drug-likeness (QED) is 0.712. The number of nitrogens with two attached hydrogens (primary N) is 1. The van der Waals surface area contributed by atoms with E-state index in [2.05, 4.69) is 5.32 Å². The van der Waals surface area contributed by atoms with E-state index >= 15 is 0 Å². The van der Waals surface area contributed by atoms with Gasteiger partial charge in [0.1, 0.15) is 0 Å². The summed E-state index contributed by atoms with van der Waals surface area (Å²) in [6.45, 7) is 1.58. The first-order chi connectivity index (χ1) is 8.41. The Hall–Kier alpha value is -1.53. The van der Waals surface area contributed by atoms with E-state index in [1.54, 1.807) is 0 Å². The molecule has 1 aromatic carbocycles. The molecule has 4 nitrogen and oxygen atoms in total. The van der Waals surface area contributed by atoms with E-state index in [0.29, 0.717) is 0 Å². The zero-order valence-electron chi connectivity index (χ0n) is 9.99. The van der Waals surface area contributed by atoms with E-state index in [1.165, 1.54) is 19.1 Å². The van der Waals surface area contributed by atoms with Crippen molar-refractivity contribution in [2.75, 3.05) is 6.54 Å². The summed E-state index contributed by atoms with van der Waals surface area (Å²) >= 11 is 0. The minimum Gasteiger partial charge on any atom is -0.392 e. The van der Waals surface area contributed by atoms with E-state index in [1.807, 2.05) is 0 Å². The van der Waals surface area contributed by atoms with Gasteiger partial charge < -0.3 is 16.2 Å². The second-order valence-corrected chi connectivity index (χ2v) is 4.10. The Kier molecular flexibility index (Phi) is 5.18. The van der Waals surface area contributed by atoms with Crippen molar-refractivity contribution in [3.63, 3.8) is 0 Å². The predicted molar refractivity (Wildman–Crippen MR) is 62.7 cm³/mol. The third-order valence-corrected chi connectivity index (χ3v) is 2.54. The van der Waals surface area contributed by atoms with Crippen LogP contribution in [0.15, 0.2) is 18.2 Å². The van der Waals surface area contributed by atoms with Crippen LogP contribution in [-0.2, 0) is 11.2 Å². The van der Waals surface area contributed by atoms with Crippen molar-refractivity contribution in [2.45, 2.75) is 25.5 Å². The summed E-state index contributed by atoms with van der Waals surface area (Å²) in [6, 6.07) is 3.07. The summed E-state index contributed by atoms with van der Waals surface area (Å²) in [5, 5.41) is 11.6. The maximum atomic E-state index is 13.3. The first kappa shape index (κ1) is 14.5. The summed E-state index contributed by atoms with van der Waals surface area (Å²) in [5.74, 6) is -2.48. The van der Waals surface area contributed by atoms with E-state index in [4.69, 9.17) is 10.8 Å². The summed E-state index contributed by atoms with van der Waals surface area (Å²) in [6.07, 6.45) is -1.02. The summed E-state index contributed by atoms with van der Waals surface area (Å²) in [7, 11) is 0. The molecule has 0 saturated heterocycles. The number of rotatable bonds is 5. The van der Waals surface area contributed by atoms with Gasteiger partial charge in [0, 0.05) is 18.2 Å². The van der Waals surface area contributed by atoms with Gasteiger partial charge in [0.2, 0.25) is 5.91 Å². The van der Waals surface area contributed by atoms with Crippen LogP contribution in [0.1, 0.15) is 12.5 Å². The lowest BCUT2D eigenvalue weighted by Crippen LogP contribution is -2.44. The van der Waals surface area contributed by atoms with Crippen LogP contribution in [0.5, 0.6) is 0 Å². The Morgan fingerprint density at radius 2 is 2.17 bits per heavy atom. The zero-order chi connectivity index (χ0) is 13.7. The molecule has 1 aromatic rings. The fraction of sp³-hybridized carbons (Fsp3) is 0.417. The molecule has 0 fully saturated rings. The highest BCUT2D eigenvalue weighted by molar-refractivity contribution is 5.78. The molecule has 2 unspecified atom stereocenters. The standard InChI is InChI=1S/C12H16F2N2O2/c1-7(17)10(15)6-16-11(18)5-8-3-2-4-9(13)12(8)14/h2-4,7,10,17H,5-6,15H2,1H3,(H,16,18). The largest absolute Gasteiger partial charge is 0.392 e. The zero-order valence-corrected chi connectivity index (χ0v) is 9.99. The van der Waals surface area contributed by atoms with Crippen LogP contribution in [-0.4, -0.2) is 29.7 Å². The van der Waals surface area contributed by atoms with Crippen LogP contribution in [0.3, 0.4) is 0 Å². The van der Waals surface area contributed by atoms with Crippen molar-refractivity contribution in [3.05, 3.63) is 35.4 Å². The number of aliphatic hydroxyl groups excluding tert-OH is 1. The lowest BCUT2D eigenvalue weighted by molar-refractivity contribution is -0.120. The Balaban J connectivity index is 2.52. The number of amides is 1. The van der Waals surface area contributed by atoms with Crippen molar-refractivity contribution in [1.82, 2.24) is 5.32 Å². The molecule has 0 radical (unpaired) electrons.